The molecule has 2 saturated heterocycles. The lowest BCUT2D eigenvalue weighted by molar-refractivity contribution is -0.315. The molecule has 0 spiro atoms. The fourth-order valence-corrected chi connectivity index (χ4v) is 4.74. The molecule has 2 heterocycles. The largest absolute Gasteiger partial charge is 0.394 e. The third-order valence-corrected chi connectivity index (χ3v) is 6.22. The average molecular weight is 386 g/mol. The molecule has 3 fully saturated rings. The van der Waals surface area contributed by atoms with Gasteiger partial charge in [0.25, 0.3) is 0 Å². The summed E-state index contributed by atoms with van der Waals surface area (Å²) < 4.78 is 17.5. The van der Waals surface area contributed by atoms with Crippen LogP contribution in [-0.4, -0.2) is 80.8 Å². The van der Waals surface area contributed by atoms with Gasteiger partial charge in [-0.15, -0.1) is 0 Å². The van der Waals surface area contributed by atoms with E-state index in [2.05, 4.69) is 0 Å². The van der Waals surface area contributed by atoms with Crippen LogP contribution in [0.5, 0.6) is 0 Å². The lowest BCUT2D eigenvalue weighted by Crippen LogP contribution is -2.60. The number of aliphatic hydroxyl groups excluding tert-OH is 4. The van der Waals surface area contributed by atoms with Crippen LogP contribution in [0.1, 0.15) is 40.5 Å². The summed E-state index contributed by atoms with van der Waals surface area (Å²) in [6, 6.07) is 0. The molecule has 0 bridgehead atoms. The van der Waals surface area contributed by atoms with Crippen LogP contribution < -0.4 is 0 Å². The van der Waals surface area contributed by atoms with Crippen LogP contribution in [0.15, 0.2) is 12.2 Å². The van der Waals surface area contributed by atoms with Crippen molar-refractivity contribution in [1.82, 2.24) is 0 Å². The molecule has 1 aliphatic carbocycles. The number of rotatable bonds is 5. The minimum atomic E-state index is -1.47. The van der Waals surface area contributed by atoms with Gasteiger partial charge in [-0.05, 0) is 32.4 Å². The highest BCUT2D eigenvalue weighted by Crippen LogP contribution is 2.66. The van der Waals surface area contributed by atoms with Gasteiger partial charge in [-0.2, -0.15) is 0 Å². The zero-order chi connectivity index (χ0) is 20.2. The zero-order valence-corrected chi connectivity index (χ0v) is 16.2. The Morgan fingerprint density at radius 3 is 2.37 bits per heavy atom. The van der Waals surface area contributed by atoms with E-state index < -0.39 is 48.5 Å². The number of ether oxygens (including phenoxy) is 3. The number of fused-ring (bicyclic) bond motifs is 1. The van der Waals surface area contributed by atoms with Gasteiger partial charge in [0.15, 0.2) is 12.1 Å². The number of hydrogen-bond acceptors (Lipinski definition) is 8. The second-order valence-corrected chi connectivity index (χ2v) is 8.76. The van der Waals surface area contributed by atoms with Gasteiger partial charge in [-0.3, -0.25) is 4.79 Å². The summed E-state index contributed by atoms with van der Waals surface area (Å²) in [6.45, 7) is 7.02. The Balaban J connectivity index is 1.73. The van der Waals surface area contributed by atoms with Crippen LogP contribution in [0.3, 0.4) is 0 Å². The zero-order valence-electron chi connectivity index (χ0n) is 16.2. The molecule has 3 aliphatic rings. The van der Waals surface area contributed by atoms with E-state index in [1.54, 1.807) is 0 Å². The van der Waals surface area contributed by atoms with Crippen molar-refractivity contribution in [1.29, 1.82) is 0 Å². The molecule has 8 heteroatoms. The maximum atomic E-state index is 11.4. The summed E-state index contributed by atoms with van der Waals surface area (Å²) in [4.78, 5) is 11.4. The van der Waals surface area contributed by atoms with Crippen molar-refractivity contribution in [3.05, 3.63) is 12.2 Å². The van der Waals surface area contributed by atoms with Crippen LogP contribution in [-0.2, 0) is 19.0 Å². The molecule has 0 amide bonds. The number of aliphatic hydroxyl groups is 4. The van der Waals surface area contributed by atoms with Gasteiger partial charge in [-0.25, -0.2) is 0 Å². The Bertz CT molecular complexity index is 617. The summed E-state index contributed by atoms with van der Waals surface area (Å²) in [5.74, 6) is -0.0438. The Morgan fingerprint density at radius 1 is 1.15 bits per heavy atom. The molecule has 0 aromatic carbocycles. The van der Waals surface area contributed by atoms with Crippen molar-refractivity contribution in [2.24, 2.45) is 5.41 Å². The molecule has 154 valence electrons. The average Bonchev–Trinajstić information content (AvgIpc) is 3.20. The lowest BCUT2D eigenvalue weighted by atomic mass is 9.63. The van der Waals surface area contributed by atoms with E-state index in [-0.39, 0.29) is 17.3 Å². The molecule has 0 unspecified atom stereocenters. The first-order chi connectivity index (χ1) is 12.5. The number of hydrogen-bond donors (Lipinski definition) is 4. The summed E-state index contributed by atoms with van der Waals surface area (Å²) >= 11 is 0. The highest BCUT2D eigenvalue weighted by molar-refractivity contribution is 5.87. The Morgan fingerprint density at radius 2 is 1.81 bits per heavy atom. The topological polar surface area (TPSA) is 129 Å². The van der Waals surface area contributed by atoms with Gasteiger partial charge < -0.3 is 34.6 Å². The minimum Gasteiger partial charge on any atom is -0.394 e. The predicted molar refractivity (Wildman–Crippen MR) is 93.7 cm³/mol. The van der Waals surface area contributed by atoms with Crippen molar-refractivity contribution >= 4 is 5.78 Å². The molecule has 0 aromatic rings. The van der Waals surface area contributed by atoms with E-state index in [1.165, 1.54) is 13.0 Å². The number of epoxide rings is 1. The molecule has 8 atom stereocenters. The summed E-state index contributed by atoms with van der Waals surface area (Å²) in [5.41, 5.74) is -1.41. The van der Waals surface area contributed by atoms with Gasteiger partial charge in [-0.1, -0.05) is 13.8 Å². The first kappa shape index (κ1) is 20.9. The highest BCUT2D eigenvalue weighted by atomic mass is 16.7. The molecule has 0 aromatic heterocycles. The fraction of sp³-hybridized carbons (Fsp3) is 0.842. The molecule has 3 rings (SSSR count). The third kappa shape index (κ3) is 3.37. The van der Waals surface area contributed by atoms with Gasteiger partial charge in [0.2, 0.25) is 0 Å². The molecule has 1 saturated carbocycles. The molecular weight excluding hydrogens is 356 g/mol. The second kappa shape index (κ2) is 6.88. The second-order valence-electron chi connectivity index (χ2n) is 8.76. The first-order valence-electron chi connectivity index (χ1n) is 9.32. The SMILES string of the molecule is CC(=O)/C=C/[C@@]12O[C@]1(C)C[C@@H](O[C@@H]1O[C@H](CO)[C@@H](O)[C@H](O)[C@H]1O)CC2(C)C. The summed E-state index contributed by atoms with van der Waals surface area (Å²) in [7, 11) is 0. The number of carbonyl (C=O) groups excluding carboxylic acids is 1. The van der Waals surface area contributed by atoms with E-state index in [0.29, 0.717) is 12.8 Å². The monoisotopic (exact) mass is 386 g/mol. The van der Waals surface area contributed by atoms with Crippen LogP contribution >= 0.6 is 0 Å². The van der Waals surface area contributed by atoms with Crippen molar-refractivity contribution in [2.75, 3.05) is 6.61 Å². The maximum absolute atomic E-state index is 11.4. The first-order valence-corrected chi connectivity index (χ1v) is 9.32. The smallest absolute Gasteiger partial charge is 0.186 e. The highest BCUT2D eigenvalue weighted by Gasteiger charge is 2.75. The van der Waals surface area contributed by atoms with E-state index in [4.69, 9.17) is 14.2 Å². The molecule has 27 heavy (non-hydrogen) atoms. The molecule has 8 nitrogen and oxygen atoms in total. The fourth-order valence-electron chi connectivity index (χ4n) is 4.74. The van der Waals surface area contributed by atoms with Crippen LogP contribution in [0.25, 0.3) is 0 Å². The maximum Gasteiger partial charge on any atom is 0.186 e. The third-order valence-electron chi connectivity index (χ3n) is 6.22. The summed E-state index contributed by atoms with van der Waals surface area (Å²) in [6.07, 6.45) is -2.34. The normalized spacial score (nSPS) is 49.0. The lowest BCUT2D eigenvalue weighted by Gasteiger charge is -2.44. The van der Waals surface area contributed by atoms with E-state index >= 15 is 0 Å². The Labute approximate surface area is 158 Å². The molecule has 2 aliphatic heterocycles. The van der Waals surface area contributed by atoms with Crippen molar-refractivity contribution < 1.29 is 39.4 Å². The Kier molecular flexibility index (Phi) is 5.31. The number of ketones is 1. The van der Waals surface area contributed by atoms with Crippen molar-refractivity contribution in [3.63, 3.8) is 0 Å². The Hall–Kier alpha value is -0.870. The molecule has 4 N–H and O–H groups in total. The van der Waals surface area contributed by atoms with E-state index in [0.717, 1.165) is 0 Å². The minimum absolute atomic E-state index is 0.0438. The number of allylic oxidation sites excluding steroid dienone is 1. The van der Waals surface area contributed by atoms with Crippen LogP contribution in [0.2, 0.25) is 0 Å². The van der Waals surface area contributed by atoms with E-state index in [9.17, 15) is 25.2 Å². The van der Waals surface area contributed by atoms with Crippen LogP contribution in [0.4, 0.5) is 0 Å². The number of carbonyl (C=O) groups is 1. The molecule has 0 radical (unpaired) electrons. The van der Waals surface area contributed by atoms with Crippen molar-refractivity contribution in [2.45, 2.75) is 88.5 Å². The quantitative estimate of drug-likeness (QED) is 0.373. The summed E-state index contributed by atoms with van der Waals surface area (Å²) in [5, 5.41) is 39.3. The van der Waals surface area contributed by atoms with Gasteiger partial charge in [0.05, 0.1) is 12.7 Å². The predicted octanol–water partition coefficient (Wildman–Crippen LogP) is -0.336. The van der Waals surface area contributed by atoms with E-state index in [1.807, 2.05) is 26.8 Å². The molecular formula is C19H30O8. The standard InChI is InChI=1S/C19H30O8/c1-10(21)5-6-19-17(2,3)7-11(8-18(19,4)27-19)25-16-15(24)14(23)13(22)12(9-20)26-16/h5-6,11-16,20,22-24H,7-9H2,1-4H3/b6-5+/t11-,12+,13+,14-,15+,16+,18+,19-/m0/s1. The van der Waals surface area contributed by atoms with Gasteiger partial charge in [0.1, 0.15) is 35.6 Å². The van der Waals surface area contributed by atoms with Gasteiger partial charge in [0, 0.05) is 11.8 Å². The van der Waals surface area contributed by atoms with Crippen LogP contribution in [0, 0.1) is 5.41 Å². The van der Waals surface area contributed by atoms with Gasteiger partial charge >= 0.3 is 0 Å². The van der Waals surface area contributed by atoms with Crippen molar-refractivity contribution in [3.8, 4) is 0 Å².